The van der Waals surface area contributed by atoms with Crippen LogP contribution in [0, 0.1) is 0 Å². The molecule has 6 nitrogen and oxygen atoms in total. The van der Waals surface area contributed by atoms with Crippen molar-refractivity contribution in [2.45, 2.75) is 19.3 Å². The number of carbonyl (C=O) groups excluding carboxylic acids is 1. The summed E-state index contributed by atoms with van der Waals surface area (Å²) in [5, 5.41) is 16.7. The van der Waals surface area contributed by atoms with Crippen molar-refractivity contribution in [3.05, 3.63) is 53.4 Å². The number of rotatable bonds is 4. The summed E-state index contributed by atoms with van der Waals surface area (Å²) in [5.74, 6) is -0.212. The van der Waals surface area contributed by atoms with Crippen LogP contribution >= 0.6 is 0 Å². The highest BCUT2D eigenvalue weighted by atomic mass is 16.3. The van der Waals surface area contributed by atoms with E-state index in [0.29, 0.717) is 17.0 Å². The van der Waals surface area contributed by atoms with E-state index in [0.717, 1.165) is 30.5 Å². The fourth-order valence-corrected chi connectivity index (χ4v) is 2.49. The Morgan fingerprint density at radius 3 is 2.90 bits per heavy atom. The fourth-order valence-electron chi connectivity index (χ4n) is 2.49. The number of benzene rings is 1. The molecule has 0 fully saturated rings. The number of hydrazine groups is 1. The second-order valence-electron chi connectivity index (χ2n) is 4.96. The van der Waals surface area contributed by atoms with Crippen molar-refractivity contribution in [2.24, 2.45) is 0 Å². The average molecular weight is 284 g/mol. The number of aromatic amines is 1. The number of amides is 1. The molecule has 0 saturated carbocycles. The van der Waals surface area contributed by atoms with E-state index < -0.39 is 0 Å². The summed E-state index contributed by atoms with van der Waals surface area (Å²) in [5.41, 5.74) is 8.66. The molecule has 0 aliphatic heterocycles. The number of carbonyl (C=O) groups is 1. The third kappa shape index (κ3) is 2.47. The molecule has 0 saturated heterocycles. The Hall–Kier alpha value is -2.76. The van der Waals surface area contributed by atoms with Crippen LogP contribution in [0.15, 0.2) is 30.8 Å². The third-order valence-electron chi connectivity index (χ3n) is 3.58. The molecule has 1 aliphatic rings. The molecule has 1 amide bonds. The molecule has 2 aromatic rings. The first-order valence-electron chi connectivity index (χ1n) is 6.76. The van der Waals surface area contributed by atoms with Crippen LogP contribution in [-0.4, -0.2) is 21.2 Å². The Morgan fingerprint density at radius 2 is 2.10 bits per heavy atom. The zero-order chi connectivity index (χ0) is 14.8. The van der Waals surface area contributed by atoms with E-state index in [1.807, 2.05) is 0 Å². The summed E-state index contributed by atoms with van der Waals surface area (Å²) in [6.07, 6.45) is 2.85. The number of aromatic nitrogens is 2. The van der Waals surface area contributed by atoms with Gasteiger partial charge in [-0.15, -0.1) is 0 Å². The molecule has 0 bridgehead atoms. The van der Waals surface area contributed by atoms with Crippen LogP contribution < -0.4 is 10.9 Å². The first kappa shape index (κ1) is 13.2. The second kappa shape index (κ2) is 5.32. The number of hydrogen-bond donors (Lipinski definition) is 4. The van der Waals surface area contributed by atoms with E-state index in [-0.39, 0.29) is 11.7 Å². The highest BCUT2D eigenvalue weighted by Crippen LogP contribution is 2.23. The van der Waals surface area contributed by atoms with Crippen molar-refractivity contribution in [3.8, 4) is 5.75 Å². The Labute approximate surface area is 121 Å². The van der Waals surface area contributed by atoms with E-state index in [1.54, 1.807) is 24.3 Å². The minimum absolute atomic E-state index is 0.102. The Bertz CT molecular complexity index is 705. The van der Waals surface area contributed by atoms with Crippen LogP contribution in [0.4, 0.5) is 0 Å². The number of phenols is 1. The van der Waals surface area contributed by atoms with Crippen LogP contribution in [0.25, 0.3) is 5.70 Å². The van der Waals surface area contributed by atoms with Crippen LogP contribution in [0.5, 0.6) is 5.75 Å². The quantitative estimate of drug-likeness (QED) is 0.641. The van der Waals surface area contributed by atoms with E-state index >= 15 is 0 Å². The highest BCUT2D eigenvalue weighted by Gasteiger charge is 2.22. The smallest absolute Gasteiger partial charge is 0.290 e. The highest BCUT2D eigenvalue weighted by molar-refractivity contribution is 5.94. The largest absolute Gasteiger partial charge is 0.507 e. The van der Waals surface area contributed by atoms with Crippen molar-refractivity contribution in [1.29, 1.82) is 0 Å². The summed E-state index contributed by atoms with van der Waals surface area (Å²) < 4.78 is 0. The maximum Gasteiger partial charge on any atom is 0.290 e. The standard InChI is InChI=1S/C15H16N4O2/c1-9(10-5-2-3-8-13(10)20)16-19-15(21)14-11-6-4-7-12(11)17-18-14/h2-3,5,8,16,20H,1,4,6-7H2,(H,17,18)(H,19,21). The average Bonchev–Trinajstić information content (AvgIpc) is 3.07. The Kier molecular flexibility index (Phi) is 3.35. The lowest BCUT2D eigenvalue weighted by Gasteiger charge is -2.11. The predicted molar refractivity (Wildman–Crippen MR) is 78.4 cm³/mol. The summed E-state index contributed by atoms with van der Waals surface area (Å²) in [6, 6.07) is 6.77. The molecule has 3 rings (SSSR count). The number of phenolic OH excluding ortho intramolecular Hbond substituents is 1. The van der Waals surface area contributed by atoms with Crippen LogP contribution in [-0.2, 0) is 12.8 Å². The van der Waals surface area contributed by atoms with E-state index in [1.165, 1.54) is 0 Å². The molecule has 21 heavy (non-hydrogen) atoms. The van der Waals surface area contributed by atoms with Gasteiger partial charge in [0, 0.05) is 16.8 Å². The molecule has 0 radical (unpaired) electrons. The molecular formula is C15H16N4O2. The van der Waals surface area contributed by atoms with Gasteiger partial charge in [-0.05, 0) is 31.4 Å². The van der Waals surface area contributed by atoms with Crippen molar-refractivity contribution >= 4 is 11.6 Å². The number of hydrogen-bond acceptors (Lipinski definition) is 4. The van der Waals surface area contributed by atoms with Crippen molar-refractivity contribution in [2.75, 3.05) is 0 Å². The number of nitrogens with one attached hydrogen (secondary N) is 3. The van der Waals surface area contributed by atoms with E-state index in [9.17, 15) is 9.90 Å². The topological polar surface area (TPSA) is 90.0 Å². The molecular weight excluding hydrogens is 268 g/mol. The van der Waals surface area contributed by atoms with Crippen LogP contribution in [0.1, 0.15) is 33.7 Å². The Morgan fingerprint density at radius 1 is 1.29 bits per heavy atom. The maximum atomic E-state index is 12.1. The molecule has 0 spiro atoms. The zero-order valence-electron chi connectivity index (χ0n) is 11.4. The summed E-state index contributed by atoms with van der Waals surface area (Å²) in [6.45, 7) is 3.80. The van der Waals surface area contributed by atoms with Crippen LogP contribution in [0.3, 0.4) is 0 Å². The number of fused-ring (bicyclic) bond motifs is 1. The minimum Gasteiger partial charge on any atom is -0.507 e. The lowest BCUT2D eigenvalue weighted by molar-refractivity contribution is 0.0936. The molecule has 0 unspecified atom stereocenters. The number of aromatic hydroxyl groups is 1. The van der Waals surface area contributed by atoms with Crippen molar-refractivity contribution in [3.63, 3.8) is 0 Å². The number of aryl methyl sites for hydroxylation is 1. The molecule has 1 heterocycles. The zero-order valence-corrected chi connectivity index (χ0v) is 11.4. The van der Waals surface area contributed by atoms with Gasteiger partial charge in [0.15, 0.2) is 5.69 Å². The van der Waals surface area contributed by atoms with Crippen molar-refractivity contribution in [1.82, 2.24) is 21.0 Å². The first-order valence-corrected chi connectivity index (χ1v) is 6.76. The van der Waals surface area contributed by atoms with Gasteiger partial charge in [0.2, 0.25) is 0 Å². The monoisotopic (exact) mass is 284 g/mol. The molecule has 0 atom stereocenters. The van der Waals surface area contributed by atoms with E-state index in [2.05, 4.69) is 27.6 Å². The number of nitrogens with zero attached hydrogens (tertiary/aromatic N) is 1. The molecule has 6 heteroatoms. The summed E-state index contributed by atoms with van der Waals surface area (Å²) in [7, 11) is 0. The number of para-hydroxylation sites is 1. The SMILES string of the molecule is C=C(NNC(=O)c1n[nH]c2c1CCC2)c1ccccc1O. The lowest BCUT2D eigenvalue weighted by Crippen LogP contribution is -2.36. The molecule has 108 valence electrons. The summed E-state index contributed by atoms with van der Waals surface area (Å²) in [4.78, 5) is 12.1. The van der Waals surface area contributed by atoms with Gasteiger partial charge in [-0.1, -0.05) is 18.7 Å². The van der Waals surface area contributed by atoms with Gasteiger partial charge >= 0.3 is 0 Å². The Balaban J connectivity index is 1.66. The maximum absolute atomic E-state index is 12.1. The fraction of sp³-hybridized carbons (Fsp3) is 0.200. The minimum atomic E-state index is -0.314. The molecule has 1 aromatic heterocycles. The first-order chi connectivity index (χ1) is 10.2. The van der Waals surface area contributed by atoms with E-state index in [4.69, 9.17) is 0 Å². The van der Waals surface area contributed by atoms with Gasteiger partial charge < -0.3 is 5.11 Å². The third-order valence-corrected chi connectivity index (χ3v) is 3.58. The molecule has 1 aliphatic carbocycles. The van der Waals surface area contributed by atoms with Gasteiger partial charge in [-0.3, -0.25) is 20.7 Å². The second-order valence-corrected chi connectivity index (χ2v) is 4.96. The van der Waals surface area contributed by atoms with Crippen LogP contribution in [0.2, 0.25) is 0 Å². The van der Waals surface area contributed by atoms with Gasteiger partial charge in [-0.2, -0.15) is 5.10 Å². The van der Waals surface area contributed by atoms with Crippen molar-refractivity contribution < 1.29 is 9.90 Å². The summed E-state index contributed by atoms with van der Waals surface area (Å²) >= 11 is 0. The van der Waals surface area contributed by atoms with Gasteiger partial charge in [-0.25, -0.2) is 0 Å². The van der Waals surface area contributed by atoms with Gasteiger partial charge in [0.05, 0.1) is 5.70 Å². The van der Waals surface area contributed by atoms with Gasteiger partial charge in [0.25, 0.3) is 5.91 Å². The predicted octanol–water partition coefficient (Wildman–Crippen LogP) is 1.51. The normalized spacial score (nSPS) is 12.8. The molecule has 1 aromatic carbocycles. The molecule has 4 N–H and O–H groups in total. The lowest BCUT2D eigenvalue weighted by atomic mass is 10.1. The number of H-pyrrole nitrogens is 1. The van der Waals surface area contributed by atoms with Gasteiger partial charge in [0.1, 0.15) is 5.75 Å².